The molecule has 0 aliphatic carbocycles. The fourth-order valence-electron chi connectivity index (χ4n) is 3.07. The number of rotatable bonds is 7. The third-order valence-corrected chi connectivity index (χ3v) is 4.97. The number of amides is 1. The second kappa shape index (κ2) is 9.62. The molecule has 0 atom stereocenters. The van der Waals surface area contributed by atoms with Crippen molar-refractivity contribution in [3.8, 4) is 16.9 Å². The van der Waals surface area contributed by atoms with Crippen LogP contribution in [0.3, 0.4) is 0 Å². The van der Waals surface area contributed by atoms with Gasteiger partial charge in [-0.05, 0) is 30.3 Å². The molecule has 180 valence electrons. The van der Waals surface area contributed by atoms with Gasteiger partial charge in [-0.2, -0.15) is 10.1 Å². The van der Waals surface area contributed by atoms with Crippen LogP contribution in [0.5, 0.6) is 0 Å². The number of anilines is 2. The Balaban J connectivity index is 1.90. The van der Waals surface area contributed by atoms with Gasteiger partial charge in [-0.25, -0.2) is 31.6 Å². The van der Waals surface area contributed by atoms with E-state index in [1.165, 1.54) is 36.8 Å². The third kappa shape index (κ3) is 5.04. The highest BCUT2D eigenvalue weighted by atomic mass is 35.5. The molecule has 0 radical (unpaired) electrons. The minimum absolute atomic E-state index is 0.000534. The van der Waals surface area contributed by atoms with E-state index in [-0.39, 0.29) is 39.2 Å². The molecular formula is C21H13ClF5N7O. The largest absolute Gasteiger partial charge is 0.366 e. The molecular weight excluding hydrogens is 497 g/mol. The van der Waals surface area contributed by atoms with Crippen LogP contribution in [0.1, 0.15) is 34.6 Å². The van der Waals surface area contributed by atoms with Gasteiger partial charge in [-0.1, -0.05) is 11.6 Å². The number of carbonyl (C=O) groups excluding carboxylic acids is 1. The van der Waals surface area contributed by atoms with Crippen LogP contribution in [0.2, 0.25) is 5.02 Å². The Morgan fingerprint density at radius 1 is 1.06 bits per heavy atom. The van der Waals surface area contributed by atoms with Crippen LogP contribution in [0.15, 0.2) is 48.9 Å². The van der Waals surface area contributed by atoms with Crippen LogP contribution >= 0.6 is 11.6 Å². The highest BCUT2D eigenvalue weighted by molar-refractivity contribution is 6.31. The predicted molar refractivity (Wildman–Crippen MR) is 116 cm³/mol. The lowest BCUT2D eigenvalue weighted by atomic mass is 10.1. The standard InChI is InChI=1S/C21H13ClF5N7O/c22-13-4-11(1-2-14(13)23)31-21-30-8-12(9-3-10(19(28)35)7-29-6-9)20(32-21)34-16(18(26)27)5-15(33-34)17(24)25/h1-8,17-18H,(H2,28,35)(H,30,31,32). The monoisotopic (exact) mass is 509 g/mol. The van der Waals surface area contributed by atoms with Crippen LogP contribution in [-0.2, 0) is 0 Å². The molecule has 8 nitrogen and oxygen atoms in total. The topological polar surface area (TPSA) is 112 Å². The first-order chi connectivity index (χ1) is 16.6. The van der Waals surface area contributed by atoms with Crippen LogP contribution in [0.25, 0.3) is 16.9 Å². The first kappa shape index (κ1) is 24.0. The average molecular weight is 510 g/mol. The molecule has 0 spiro atoms. The molecule has 4 rings (SSSR count). The van der Waals surface area contributed by atoms with E-state index in [0.717, 1.165) is 6.07 Å². The summed E-state index contributed by atoms with van der Waals surface area (Å²) < 4.78 is 68.0. The highest BCUT2D eigenvalue weighted by Gasteiger charge is 2.25. The van der Waals surface area contributed by atoms with Gasteiger partial charge in [0.15, 0.2) is 5.82 Å². The van der Waals surface area contributed by atoms with E-state index >= 15 is 0 Å². The molecule has 4 aromatic rings. The summed E-state index contributed by atoms with van der Waals surface area (Å²) in [5.74, 6) is -1.96. The Morgan fingerprint density at radius 2 is 1.83 bits per heavy atom. The minimum atomic E-state index is -3.18. The smallest absolute Gasteiger partial charge is 0.282 e. The van der Waals surface area contributed by atoms with Crippen molar-refractivity contribution in [3.05, 3.63) is 76.7 Å². The predicted octanol–water partition coefficient (Wildman–Crippen LogP) is 5.23. The third-order valence-electron chi connectivity index (χ3n) is 4.68. The van der Waals surface area contributed by atoms with Crippen molar-refractivity contribution in [2.45, 2.75) is 12.9 Å². The molecule has 0 fully saturated rings. The average Bonchev–Trinajstić information content (AvgIpc) is 3.28. The quantitative estimate of drug-likeness (QED) is 0.330. The molecule has 3 aromatic heterocycles. The number of nitrogens with two attached hydrogens (primary N) is 1. The molecule has 0 aliphatic rings. The fourth-order valence-corrected chi connectivity index (χ4v) is 3.25. The van der Waals surface area contributed by atoms with Gasteiger partial charge < -0.3 is 11.1 Å². The van der Waals surface area contributed by atoms with Gasteiger partial charge >= 0.3 is 0 Å². The van der Waals surface area contributed by atoms with Crippen LogP contribution < -0.4 is 11.1 Å². The number of aromatic nitrogens is 5. The fraction of sp³-hybridized carbons (Fsp3) is 0.0952. The van der Waals surface area contributed by atoms with Gasteiger partial charge in [0, 0.05) is 35.4 Å². The van der Waals surface area contributed by atoms with Gasteiger partial charge in [-0.3, -0.25) is 9.78 Å². The van der Waals surface area contributed by atoms with Crippen molar-refractivity contribution in [1.82, 2.24) is 24.7 Å². The summed E-state index contributed by atoms with van der Waals surface area (Å²) in [5, 5.41) is 6.13. The van der Waals surface area contributed by atoms with Crippen LogP contribution in [0, 0.1) is 5.82 Å². The number of benzene rings is 1. The van der Waals surface area contributed by atoms with Crippen molar-refractivity contribution < 1.29 is 26.7 Å². The molecule has 1 amide bonds. The molecule has 0 bridgehead atoms. The maximum atomic E-state index is 13.7. The van der Waals surface area contributed by atoms with Crippen LogP contribution in [0.4, 0.5) is 33.6 Å². The Morgan fingerprint density at radius 3 is 2.49 bits per heavy atom. The second-order valence-corrected chi connectivity index (χ2v) is 7.43. The van der Waals surface area contributed by atoms with E-state index < -0.39 is 36.0 Å². The number of nitrogens with zero attached hydrogens (tertiary/aromatic N) is 5. The molecule has 0 aliphatic heterocycles. The molecule has 3 heterocycles. The van der Waals surface area contributed by atoms with Crippen molar-refractivity contribution >= 4 is 29.1 Å². The number of carbonyl (C=O) groups is 1. The number of primary amides is 1. The molecule has 0 unspecified atom stereocenters. The van der Waals surface area contributed by atoms with Crippen molar-refractivity contribution in [3.63, 3.8) is 0 Å². The number of nitrogens with one attached hydrogen (secondary N) is 1. The Kier molecular flexibility index (Phi) is 6.60. The summed E-state index contributed by atoms with van der Waals surface area (Å²) >= 11 is 5.77. The van der Waals surface area contributed by atoms with Gasteiger partial charge in [0.05, 0.1) is 10.6 Å². The minimum Gasteiger partial charge on any atom is -0.366 e. The number of pyridine rings is 1. The summed E-state index contributed by atoms with van der Waals surface area (Å²) in [6.45, 7) is 0. The number of hydrogen-bond donors (Lipinski definition) is 2. The zero-order valence-electron chi connectivity index (χ0n) is 17.3. The maximum absolute atomic E-state index is 13.7. The first-order valence-corrected chi connectivity index (χ1v) is 10.0. The number of alkyl halides is 4. The SMILES string of the molecule is NC(=O)c1cncc(-c2cnc(Nc3ccc(F)c(Cl)c3)nc2-n2nc(C(F)F)cc2C(F)F)c1. The zero-order chi connectivity index (χ0) is 25.3. The molecule has 35 heavy (non-hydrogen) atoms. The summed E-state index contributed by atoms with van der Waals surface area (Å²) in [7, 11) is 0. The highest BCUT2D eigenvalue weighted by Crippen LogP contribution is 2.32. The molecule has 14 heteroatoms. The molecule has 0 saturated heterocycles. The lowest BCUT2D eigenvalue weighted by Gasteiger charge is -2.14. The Labute approximate surface area is 198 Å². The summed E-state index contributed by atoms with van der Waals surface area (Å²) in [5.41, 5.74) is 4.02. The van der Waals surface area contributed by atoms with E-state index in [4.69, 9.17) is 17.3 Å². The summed E-state index contributed by atoms with van der Waals surface area (Å²) in [6.07, 6.45) is -2.65. The van der Waals surface area contributed by atoms with Crippen molar-refractivity contribution in [2.75, 3.05) is 5.32 Å². The van der Waals surface area contributed by atoms with Crippen molar-refractivity contribution in [1.29, 1.82) is 0 Å². The maximum Gasteiger partial charge on any atom is 0.282 e. The molecule has 3 N–H and O–H groups in total. The Bertz CT molecular complexity index is 1410. The summed E-state index contributed by atoms with van der Waals surface area (Å²) in [4.78, 5) is 23.7. The van der Waals surface area contributed by atoms with E-state index in [9.17, 15) is 26.7 Å². The van der Waals surface area contributed by atoms with E-state index in [1.54, 1.807) is 0 Å². The van der Waals surface area contributed by atoms with Gasteiger partial charge in [-0.15, -0.1) is 0 Å². The lowest BCUT2D eigenvalue weighted by molar-refractivity contribution is 0.1000. The van der Waals surface area contributed by atoms with Crippen LogP contribution in [-0.4, -0.2) is 30.6 Å². The lowest BCUT2D eigenvalue weighted by Crippen LogP contribution is -2.12. The van der Waals surface area contributed by atoms with E-state index in [0.29, 0.717) is 10.7 Å². The Hall–Kier alpha value is -4.13. The summed E-state index contributed by atoms with van der Waals surface area (Å²) in [6, 6.07) is 5.52. The molecule has 1 aromatic carbocycles. The van der Waals surface area contributed by atoms with E-state index in [1.807, 2.05) is 0 Å². The van der Waals surface area contributed by atoms with Gasteiger partial charge in [0.1, 0.15) is 17.2 Å². The van der Waals surface area contributed by atoms with Gasteiger partial charge in [0.2, 0.25) is 11.9 Å². The normalized spacial score (nSPS) is 11.3. The number of hydrogen-bond acceptors (Lipinski definition) is 6. The van der Waals surface area contributed by atoms with Gasteiger partial charge in [0.25, 0.3) is 12.9 Å². The van der Waals surface area contributed by atoms with E-state index in [2.05, 4.69) is 25.4 Å². The number of halogens is 6. The zero-order valence-corrected chi connectivity index (χ0v) is 18.0. The van der Waals surface area contributed by atoms with Crippen molar-refractivity contribution in [2.24, 2.45) is 5.73 Å². The first-order valence-electron chi connectivity index (χ1n) is 9.65. The second-order valence-electron chi connectivity index (χ2n) is 7.02. The molecule has 0 saturated carbocycles.